The molecule has 2 aromatic carbocycles. The molecule has 2 aromatic rings. The third-order valence-electron chi connectivity index (χ3n) is 3.73. The molecular formula is C20H22O2S. The molecule has 0 heterocycles. The molecule has 0 unspecified atom stereocenters. The predicted octanol–water partition coefficient (Wildman–Crippen LogP) is 4.98. The first kappa shape index (κ1) is 17.2. The van der Waals surface area contributed by atoms with Crippen molar-refractivity contribution in [1.29, 1.82) is 0 Å². The van der Waals surface area contributed by atoms with E-state index in [9.17, 15) is 8.42 Å². The molecule has 23 heavy (non-hydrogen) atoms. The molecule has 0 aliphatic rings. The Morgan fingerprint density at radius 3 is 1.43 bits per heavy atom. The molecule has 3 heteroatoms. The standard InChI is InChI=1S/C20H22O2S/c1-15-5-7-19(17(3)13-15)9-11-23(21,22)12-10-20-8-6-16(2)14-18(20)4/h5-14H,1-4H3. The SMILES string of the molecule is Cc1ccc(C=CS(=O)(=O)C=Cc2ccc(C)cc2C)c(C)c1. The van der Waals surface area contributed by atoms with Crippen LogP contribution in [0.2, 0.25) is 0 Å². The smallest absolute Gasteiger partial charge is 0.193 e. The fourth-order valence-electron chi connectivity index (χ4n) is 2.41. The third-order valence-corrected chi connectivity index (χ3v) is 4.76. The quantitative estimate of drug-likeness (QED) is 0.794. The minimum absolute atomic E-state index is 0.916. The Balaban J connectivity index is 2.21. The predicted molar refractivity (Wildman–Crippen MR) is 98.8 cm³/mol. The van der Waals surface area contributed by atoms with Gasteiger partial charge in [0.05, 0.1) is 0 Å². The number of benzene rings is 2. The maximum absolute atomic E-state index is 12.2. The van der Waals surface area contributed by atoms with Gasteiger partial charge >= 0.3 is 0 Å². The lowest BCUT2D eigenvalue weighted by Gasteiger charge is -2.02. The lowest BCUT2D eigenvalue weighted by Crippen LogP contribution is -1.90. The van der Waals surface area contributed by atoms with Gasteiger partial charge in [0.1, 0.15) is 0 Å². The summed E-state index contributed by atoms with van der Waals surface area (Å²) in [7, 11) is -3.39. The lowest BCUT2D eigenvalue weighted by atomic mass is 10.1. The van der Waals surface area contributed by atoms with Gasteiger partial charge < -0.3 is 0 Å². The normalized spacial score (nSPS) is 12.3. The van der Waals surface area contributed by atoms with Crippen LogP contribution in [-0.4, -0.2) is 8.42 Å². The largest absolute Gasteiger partial charge is 0.220 e. The number of sulfone groups is 1. The minimum Gasteiger partial charge on any atom is -0.220 e. The molecule has 120 valence electrons. The van der Waals surface area contributed by atoms with E-state index in [0.29, 0.717) is 0 Å². The summed E-state index contributed by atoms with van der Waals surface area (Å²) in [4.78, 5) is 0. The van der Waals surface area contributed by atoms with Crippen molar-refractivity contribution in [3.8, 4) is 0 Å². The Hall–Kier alpha value is -2.13. The van der Waals surface area contributed by atoms with Gasteiger partial charge in [-0.1, -0.05) is 47.5 Å². The van der Waals surface area contributed by atoms with E-state index in [2.05, 4.69) is 0 Å². The zero-order valence-electron chi connectivity index (χ0n) is 14.0. The topological polar surface area (TPSA) is 34.1 Å². The van der Waals surface area contributed by atoms with Crippen LogP contribution >= 0.6 is 0 Å². The van der Waals surface area contributed by atoms with E-state index in [-0.39, 0.29) is 0 Å². The molecule has 0 amide bonds. The van der Waals surface area contributed by atoms with Crippen LogP contribution in [0, 0.1) is 27.7 Å². The van der Waals surface area contributed by atoms with Gasteiger partial charge in [0.15, 0.2) is 9.84 Å². The highest BCUT2D eigenvalue weighted by Gasteiger charge is 2.02. The van der Waals surface area contributed by atoms with Crippen molar-refractivity contribution in [3.05, 3.63) is 80.6 Å². The van der Waals surface area contributed by atoms with E-state index in [1.807, 2.05) is 64.1 Å². The molecule has 0 spiro atoms. The molecule has 0 fully saturated rings. The summed E-state index contributed by atoms with van der Waals surface area (Å²) in [5.41, 5.74) is 6.29. The van der Waals surface area contributed by atoms with Gasteiger partial charge in [-0.05, 0) is 62.1 Å². The van der Waals surface area contributed by atoms with Crippen molar-refractivity contribution in [1.82, 2.24) is 0 Å². The van der Waals surface area contributed by atoms with Crippen molar-refractivity contribution in [2.24, 2.45) is 0 Å². The molecule has 2 rings (SSSR count). The summed E-state index contributed by atoms with van der Waals surface area (Å²) < 4.78 is 24.3. The number of rotatable bonds is 4. The average Bonchev–Trinajstić information content (AvgIpc) is 2.45. The maximum Gasteiger partial charge on any atom is 0.193 e. The van der Waals surface area contributed by atoms with Gasteiger partial charge in [-0.2, -0.15) is 0 Å². The molecule has 0 radical (unpaired) electrons. The summed E-state index contributed by atoms with van der Waals surface area (Å²) in [5, 5.41) is 2.51. The molecule has 0 N–H and O–H groups in total. The second-order valence-electron chi connectivity index (χ2n) is 5.91. The van der Waals surface area contributed by atoms with Crippen molar-refractivity contribution in [2.45, 2.75) is 27.7 Å². The highest BCUT2D eigenvalue weighted by molar-refractivity contribution is 7.97. The second kappa shape index (κ2) is 6.97. The Bertz CT molecular complexity index is 805. The lowest BCUT2D eigenvalue weighted by molar-refractivity contribution is 0.613. The molecule has 0 aliphatic heterocycles. The minimum atomic E-state index is -3.39. The molecular weight excluding hydrogens is 304 g/mol. The molecule has 2 nitrogen and oxygen atoms in total. The van der Waals surface area contributed by atoms with Crippen LogP contribution in [0.3, 0.4) is 0 Å². The van der Waals surface area contributed by atoms with Gasteiger partial charge in [0.2, 0.25) is 0 Å². The van der Waals surface area contributed by atoms with E-state index in [1.54, 1.807) is 12.2 Å². The number of aryl methyl sites for hydroxylation is 4. The zero-order chi connectivity index (χ0) is 17.0. The van der Waals surface area contributed by atoms with E-state index >= 15 is 0 Å². The molecule has 0 atom stereocenters. The highest BCUT2D eigenvalue weighted by atomic mass is 32.2. The Labute approximate surface area is 139 Å². The molecule has 0 saturated carbocycles. The van der Waals surface area contributed by atoms with Gasteiger partial charge in [-0.15, -0.1) is 0 Å². The van der Waals surface area contributed by atoms with Gasteiger partial charge in [-0.3, -0.25) is 0 Å². The maximum atomic E-state index is 12.2. The monoisotopic (exact) mass is 326 g/mol. The van der Waals surface area contributed by atoms with Crippen LogP contribution in [0.1, 0.15) is 33.4 Å². The first-order valence-corrected chi connectivity index (χ1v) is 9.13. The number of hydrogen-bond acceptors (Lipinski definition) is 2. The van der Waals surface area contributed by atoms with Gasteiger partial charge in [0.25, 0.3) is 0 Å². The summed E-state index contributed by atoms with van der Waals surface area (Å²) in [6, 6.07) is 11.9. The highest BCUT2D eigenvalue weighted by Crippen LogP contribution is 2.15. The zero-order valence-corrected chi connectivity index (χ0v) is 14.8. The van der Waals surface area contributed by atoms with Crippen LogP contribution in [0.5, 0.6) is 0 Å². The van der Waals surface area contributed by atoms with Crippen LogP contribution in [0.4, 0.5) is 0 Å². The average molecular weight is 326 g/mol. The van der Waals surface area contributed by atoms with Crippen LogP contribution < -0.4 is 0 Å². The van der Waals surface area contributed by atoms with Gasteiger partial charge in [0, 0.05) is 10.8 Å². The van der Waals surface area contributed by atoms with Crippen LogP contribution in [0.15, 0.2) is 47.2 Å². The Morgan fingerprint density at radius 2 is 1.09 bits per heavy atom. The summed E-state index contributed by atoms with van der Waals surface area (Å²) in [5.74, 6) is 0. The van der Waals surface area contributed by atoms with E-state index < -0.39 is 9.84 Å². The third kappa shape index (κ3) is 4.93. The summed E-state index contributed by atoms with van der Waals surface area (Å²) >= 11 is 0. The van der Waals surface area contributed by atoms with Crippen LogP contribution in [-0.2, 0) is 9.84 Å². The van der Waals surface area contributed by atoms with Crippen molar-refractivity contribution < 1.29 is 8.42 Å². The first-order valence-electron chi connectivity index (χ1n) is 7.52. The molecule has 0 aromatic heterocycles. The van der Waals surface area contributed by atoms with E-state index in [0.717, 1.165) is 33.4 Å². The fraction of sp³-hybridized carbons (Fsp3) is 0.200. The van der Waals surface area contributed by atoms with E-state index in [4.69, 9.17) is 0 Å². The van der Waals surface area contributed by atoms with Gasteiger partial charge in [-0.25, -0.2) is 8.42 Å². The molecule has 0 bridgehead atoms. The van der Waals surface area contributed by atoms with Crippen LogP contribution in [0.25, 0.3) is 12.2 Å². The first-order chi connectivity index (χ1) is 10.8. The number of hydrogen-bond donors (Lipinski definition) is 0. The van der Waals surface area contributed by atoms with E-state index in [1.165, 1.54) is 10.8 Å². The molecule has 0 saturated heterocycles. The molecule has 0 aliphatic carbocycles. The fourth-order valence-corrected chi connectivity index (χ4v) is 3.17. The van der Waals surface area contributed by atoms with Crippen molar-refractivity contribution >= 4 is 22.0 Å². The second-order valence-corrected chi connectivity index (χ2v) is 7.64. The Kier molecular flexibility index (Phi) is 5.22. The summed E-state index contributed by atoms with van der Waals surface area (Å²) in [6.45, 7) is 7.99. The summed E-state index contributed by atoms with van der Waals surface area (Å²) in [6.07, 6.45) is 3.30. The Morgan fingerprint density at radius 1 is 0.696 bits per heavy atom. The van der Waals surface area contributed by atoms with Crippen molar-refractivity contribution in [2.75, 3.05) is 0 Å². The van der Waals surface area contributed by atoms with Crippen molar-refractivity contribution in [3.63, 3.8) is 0 Å².